The first-order valence-corrected chi connectivity index (χ1v) is 15.8. The Morgan fingerprint density at radius 3 is 2.25 bits per heavy atom. The van der Waals surface area contributed by atoms with Gasteiger partial charge < -0.3 is 19.9 Å². The van der Waals surface area contributed by atoms with Crippen molar-refractivity contribution in [1.29, 1.82) is 0 Å². The van der Waals surface area contributed by atoms with Crippen LogP contribution in [-0.2, 0) is 20.2 Å². The van der Waals surface area contributed by atoms with Crippen LogP contribution in [0.2, 0.25) is 0 Å². The van der Waals surface area contributed by atoms with Gasteiger partial charge in [0.05, 0.1) is 30.3 Å². The number of amides is 1. The van der Waals surface area contributed by atoms with Crippen molar-refractivity contribution in [1.82, 2.24) is 19.9 Å². The fraction of sp³-hybridized carbons (Fsp3) is 0.312. The number of carbonyl (C=O) groups is 1. The molecular weight excluding hydrogens is 584 g/mol. The number of carbonyl (C=O) groups excluding carboxylic acids is 1. The quantitative estimate of drug-likeness (QED) is 0.249. The summed E-state index contributed by atoms with van der Waals surface area (Å²) in [5.41, 5.74) is 0.972. The van der Waals surface area contributed by atoms with E-state index in [1.54, 1.807) is 42.6 Å². The number of ether oxygens (including phenoxy) is 2. The minimum Gasteiger partial charge on any atom is -0.494 e. The van der Waals surface area contributed by atoms with Gasteiger partial charge in [0.1, 0.15) is 23.0 Å². The predicted molar refractivity (Wildman–Crippen MR) is 161 cm³/mol. The zero-order valence-corrected chi connectivity index (χ0v) is 25.1. The molecule has 2 aromatic heterocycles. The summed E-state index contributed by atoms with van der Waals surface area (Å²) >= 11 is 0. The van der Waals surface area contributed by atoms with Gasteiger partial charge in [-0.25, -0.2) is 8.42 Å². The van der Waals surface area contributed by atoms with Crippen LogP contribution >= 0.6 is 0 Å². The van der Waals surface area contributed by atoms with E-state index in [0.29, 0.717) is 23.5 Å². The summed E-state index contributed by atoms with van der Waals surface area (Å²) in [7, 11) is -1.62. The van der Waals surface area contributed by atoms with Crippen molar-refractivity contribution in [3.05, 3.63) is 82.7 Å². The summed E-state index contributed by atoms with van der Waals surface area (Å²) in [6, 6.07) is 14.7. The lowest BCUT2D eigenvalue weighted by Gasteiger charge is -2.23. The SMILES string of the molecule is COc1cccc(OC)c1-n1c(C2CCCC2)nc(=O)c(S(=O)(=O)c2ccc(-c3ccnc(C4(NC=O)CC4)c3)cc2)c1O. The molecule has 2 N–H and O–H groups in total. The minimum atomic E-state index is -4.53. The second kappa shape index (κ2) is 11.4. The van der Waals surface area contributed by atoms with Crippen molar-refractivity contribution in [2.45, 2.75) is 59.8 Å². The molecule has 12 heteroatoms. The second-order valence-corrected chi connectivity index (χ2v) is 12.9. The van der Waals surface area contributed by atoms with Gasteiger partial charge in [-0.15, -0.1) is 0 Å². The van der Waals surface area contributed by atoms with Crippen molar-refractivity contribution in [3.63, 3.8) is 0 Å². The molecule has 44 heavy (non-hydrogen) atoms. The number of benzene rings is 2. The molecule has 0 spiro atoms. The van der Waals surface area contributed by atoms with Gasteiger partial charge >= 0.3 is 0 Å². The number of nitrogens with zero attached hydrogens (tertiary/aromatic N) is 3. The summed E-state index contributed by atoms with van der Waals surface area (Å²) in [6.45, 7) is 0. The highest BCUT2D eigenvalue weighted by Gasteiger charge is 2.45. The monoisotopic (exact) mass is 616 g/mol. The first-order chi connectivity index (χ1) is 21.2. The third-order valence-corrected chi connectivity index (χ3v) is 10.3. The average Bonchev–Trinajstić information content (AvgIpc) is 3.61. The molecule has 11 nitrogen and oxygen atoms in total. The summed E-state index contributed by atoms with van der Waals surface area (Å²) in [5.74, 6) is -0.0424. The number of rotatable bonds is 10. The van der Waals surface area contributed by atoms with Crippen molar-refractivity contribution < 1.29 is 27.8 Å². The van der Waals surface area contributed by atoms with Crippen LogP contribution in [0.25, 0.3) is 16.8 Å². The Morgan fingerprint density at radius 1 is 1.00 bits per heavy atom. The van der Waals surface area contributed by atoms with Crippen LogP contribution in [0.1, 0.15) is 56.0 Å². The Labute approximate surface area is 254 Å². The number of hydrogen-bond acceptors (Lipinski definition) is 9. The molecule has 2 aliphatic carbocycles. The number of pyridine rings is 1. The van der Waals surface area contributed by atoms with E-state index in [1.807, 2.05) is 6.07 Å². The van der Waals surface area contributed by atoms with E-state index in [-0.39, 0.29) is 22.3 Å². The Kier molecular flexibility index (Phi) is 7.62. The van der Waals surface area contributed by atoms with Crippen LogP contribution in [0.15, 0.2) is 75.4 Å². The fourth-order valence-electron chi connectivity index (χ4n) is 6.00. The molecule has 0 radical (unpaired) electrons. The molecule has 2 saturated carbocycles. The first kappa shape index (κ1) is 29.4. The van der Waals surface area contributed by atoms with Gasteiger partial charge in [-0.3, -0.25) is 19.1 Å². The molecule has 1 amide bonds. The lowest BCUT2D eigenvalue weighted by atomic mass is 10.0. The molecule has 0 bridgehead atoms. The van der Waals surface area contributed by atoms with E-state index in [0.717, 1.165) is 49.8 Å². The minimum absolute atomic E-state index is 0.166. The zero-order valence-electron chi connectivity index (χ0n) is 24.3. The molecule has 0 saturated heterocycles. The highest BCUT2D eigenvalue weighted by Crippen LogP contribution is 2.45. The topological polar surface area (TPSA) is 150 Å². The molecule has 0 atom stereocenters. The molecule has 228 valence electrons. The summed E-state index contributed by atoms with van der Waals surface area (Å²) in [5, 5.41) is 14.5. The van der Waals surface area contributed by atoms with Crippen LogP contribution in [0.5, 0.6) is 17.4 Å². The van der Waals surface area contributed by atoms with Crippen molar-refractivity contribution in [3.8, 4) is 34.2 Å². The number of sulfone groups is 1. The van der Waals surface area contributed by atoms with Crippen molar-refractivity contribution in [2.75, 3.05) is 14.2 Å². The van der Waals surface area contributed by atoms with E-state index in [1.165, 1.54) is 30.9 Å². The summed E-state index contributed by atoms with van der Waals surface area (Å²) in [6.07, 6.45) is 7.20. The van der Waals surface area contributed by atoms with Crippen molar-refractivity contribution >= 4 is 16.2 Å². The van der Waals surface area contributed by atoms with E-state index in [9.17, 15) is 23.1 Å². The van der Waals surface area contributed by atoms with E-state index in [2.05, 4.69) is 15.3 Å². The largest absolute Gasteiger partial charge is 0.494 e. The van der Waals surface area contributed by atoms with Gasteiger partial charge in [-0.05, 0) is 73.2 Å². The number of methoxy groups -OCH3 is 2. The summed E-state index contributed by atoms with van der Waals surface area (Å²) < 4.78 is 40.4. The van der Waals surface area contributed by atoms with Gasteiger partial charge in [0.15, 0.2) is 4.90 Å². The van der Waals surface area contributed by atoms with Gasteiger partial charge in [0.2, 0.25) is 22.1 Å². The molecule has 2 aliphatic rings. The molecular formula is C32H32N4O7S. The van der Waals surface area contributed by atoms with Crippen molar-refractivity contribution in [2.24, 2.45) is 0 Å². The average molecular weight is 617 g/mol. The third-order valence-electron chi connectivity index (χ3n) is 8.50. The standard InChI is InChI=1S/C32H32N4O7S/c1-42-24-8-5-9-25(43-2)27(24)36-29(21-6-3-4-7-21)35-30(38)28(31(36)39)44(40,41)23-12-10-20(11-13-23)22-14-17-33-26(18-22)32(15-16-32)34-19-37/h5,8-14,17-19,21,39H,3-4,6-7,15-16H2,1-2H3,(H,34,37). The molecule has 2 aromatic carbocycles. The Balaban J connectivity index is 1.45. The van der Waals surface area contributed by atoms with Gasteiger partial charge in [0, 0.05) is 12.1 Å². The highest BCUT2D eigenvalue weighted by molar-refractivity contribution is 7.91. The number of hydrogen-bond donors (Lipinski definition) is 2. The maximum absolute atomic E-state index is 14.0. The normalized spacial score (nSPS) is 16.0. The van der Waals surface area contributed by atoms with Gasteiger partial charge in [-0.2, -0.15) is 4.98 Å². The number of aromatic nitrogens is 3. The molecule has 0 unspecified atom stereocenters. The molecule has 2 heterocycles. The lowest BCUT2D eigenvalue weighted by Crippen LogP contribution is -2.28. The maximum Gasteiger partial charge on any atom is 0.296 e. The summed E-state index contributed by atoms with van der Waals surface area (Å²) in [4.78, 5) is 32.2. The van der Waals surface area contributed by atoms with E-state index < -0.39 is 31.7 Å². The van der Waals surface area contributed by atoms with Crippen LogP contribution in [-0.4, -0.2) is 48.7 Å². The maximum atomic E-state index is 14.0. The van der Waals surface area contributed by atoms with Crippen LogP contribution in [0, 0.1) is 0 Å². The Bertz CT molecular complexity index is 1870. The molecule has 4 aromatic rings. The van der Waals surface area contributed by atoms with Crippen LogP contribution < -0.4 is 20.3 Å². The van der Waals surface area contributed by atoms with E-state index in [4.69, 9.17) is 9.47 Å². The molecule has 6 rings (SSSR count). The third kappa shape index (κ3) is 4.98. The molecule has 0 aliphatic heterocycles. The number of para-hydroxylation sites is 1. The lowest BCUT2D eigenvalue weighted by molar-refractivity contribution is -0.110. The number of aromatic hydroxyl groups is 1. The van der Waals surface area contributed by atoms with E-state index >= 15 is 0 Å². The first-order valence-electron chi connectivity index (χ1n) is 14.3. The predicted octanol–water partition coefficient (Wildman–Crippen LogP) is 4.24. The second-order valence-electron chi connectivity index (χ2n) is 11.1. The number of nitrogens with one attached hydrogen (secondary N) is 1. The van der Waals surface area contributed by atoms with Crippen LogP contribution in [0.4, 0.5) is 0 Å². The van der Waals surface area contributed by atoms with Gasteiger partial charge in [0.25, 0.3) is 5.56 Å². The fourth-order valence-corrected chi connectivity index (χ4v) is 7.34. The Morgan fingerprint density at radius 2 is 1.66 bits per heavy atom. The smallest absolute Gasteiger partial charge is 0.296 e. The Hall–Kier alpha value is -4.71. The zero-order chi connectivity index (χ0) is 31.1. The highest BCUT2D eigenvalue weighted by atomic mass is 32.2. The van der Waals surface area contributed by atoms with Gasteiger partial charge in [-0.1, -0.05) is 31.0 Å². The van der Waals surface area contributed by atoms with Crippen LogP contribution in [0.3, 0.4) is 0 Å². The molecule has 2 fully saturated rings.